The second-order valence-corrected chi connectivity index (χ2v) is 7.55. The van der Waals surface area contributed by atoms with Gasteiger partial charge in [0.2, 0.25) is 0 Å². The molecule has 1 fully saturated rings. The molecule has 0 spiro atoms. The maximum absolute atomic E-state index is 14.2. The summed E-state index contributed by atoms with van der Waals surface area (Å²) in [6.07, 6.45) is 1.30. The second kappa shape index (κ2) is 6.87. The maximum Gasteiger partial charge on any atom is 0.285 e. The van der Waals surface area contributed by atoms with Gasteiger partial charge in [-0.05, 0) is 25.1 Å². The molecule has 29 heavy (non-hydrogen) atoms. The molecule has 0 radical (unpaired) electrons. The van der Waals surface area contributed by atoms with Crippen LogP contribution >= 0.6 is 11.6 Å². The van der Waals surface area contributed by atoms with Crippen LogP contribution in [0.15, 0.2) is 36.7 Å². The monoisotopic (exact) mass is 411 g/mol. The van der Waals surface area contributed by atoms with Crippen LogP contribution in [-0.4, -0.2) is 28.0 Å². The molecule has 2 N–H and O–H groups in total. The lowest BCUT2D eigenvalue weighted by molar-refractivity contribution is -0.385. The normalized spacial score (nSPS) is 14.8. The number of aromatic nitrogens is 2. The summed E-state index contributed by atoms with van der Waals surface area (Å²) in [6, 6.07) is 7.72. The molecular formula is C20H15ClFN5O2. The Hall–Kier alpha value is -3.44. The fourth-order valence-electron chi connectivity index (χ4n) is 3.36. The fourth-order valence-corrected chi connectivity index (χ4v) is 3.53. The SMILES string of the molecule is CC1(C#Cc2cc3ncnc(N)c3cc2[N+](=O)[O-])CN(c2cccc(Cl)c2F)C1. The molecule has 1 saturated heterocycles. The molecule has 1 aliphatic rings. The highest BCUT2D eigenvalue weighted by molar-refractivity contribution is 6.31. The molecule has 7 nitrogen and oxygen atoms in total. The van der Waals surface area contributed by atoms with Crippen LogP contribution in [0, 0.1) is 33.2 Å². The number of nitrogens with two attached hydrogens (primary N) is 1. The van der Waals surface area contributed by atoms with Gasteiger partial charge in [-0.2, -0.15) is 0 Å². The number of fused-ring (bicyclic) bond motifs is 1. The van der Waals surface area contributed by atoms with E-state index in [9.17, 15) is 14.5 Å². The van der Waals surface area contributed by atoms with E-state index in [1.165, 1.54) is 24.5 Å². The highest BCUT2D eigenvalue weighted by atomic mass is 35.5. The molecule has 9 heteroatoms. The number of benzene rings is 2. The average Bonchev–Trinajstić information content (AvgIpc) is 2.66. The van der Waals surface area contributed by atoms with Gasteiger partial charge >= 0.3 is 0 Å². The number of halogens is 2. The number of hydrogen-bond donors (Lipinski definition) is 1. The topological polar surface area (TPSA) is 98.2 Å². The first-order valence-electron chi connectivity index (χ1n) is 8.68. The van der Waals surface area contributed by atoms with E-state index in [-0.39, 0.29) is 22.1 Å². The molecule has 0 unspecified atom stereocenters. The van der Waals surface area contributed by atoms with Crippen LogP contribution in [0.1, 0.15) is 12.5 Å². The first kappa shape index (κ1) is 18.9. The van der Waals surface area contributed by atoms with Crippen LogP contribution in [-0.2, 0) is 0 Å². The molecule has 0 atom stereocenters. The molecule has 4 rings (SSSR count). The fraction of sp³-hybridized carbons (Fsp3) is 0.200. The largest absolute Gasteiger partial charge is 0.383 e. The Morgan fingerprint density at radius 1 is 1.34 bits per heavy atom. The summed E-state index contributed by atoms with van der Waals surface area (Å²) in [5.74, 6) is 5.70. The minimum absolute atomic E-state index is 0.0650. The van der Waals surface area contributed by atoms with E-state index in [2.05, 4.69) is 21.8 Å². The van der Waals surface area contributed by atoms with Gasteiger partial charge in [0.15, 0.2) is 5.82 Å². The van der Waals surface area contributed by atoms with Crippen molar-refractivity contribution in [3.05, 3.63) is 63.2 Å². The van der Waals surface area contributed by atoms with Gasteiger partial charge in [-0.15, -0.1) is 0 Å². The van der Waals surface area contributed by atoms with Gasteiger partial charge in [0.25, 0.3) is 5.69 Å². The molecule has 1 aromatic heterocycles. The van der Waals surface area contributed by atoms with Gasteiger partial charge in [-0.3, -0.25) is 10.1 Å². The molecular weight excluding hydrogens is 397 g/mol. The van der Waals surface area contributed by atoms with Crippen molar-refractivity contribution >= 4 is 39.7 Å². The highest BCUT2D eigenvalue weighted by Crippen LogP contribution is 2.37. The van der Waals surface area contributed by atoms with Crippen molar-refractivity contribution in [3.8, 4) is 11.8 Å². The Morgan fingerprint density at radius 2 is 2.10 bits per heavy atom. The predicted octanol–water partition coefficient (Wildman–Crippen LogP) is 3.79. The summed E-state index contributed by atoms with van der Waals surface area (Å²) in [6.45, 7) is 2.88. The van der Waals surface area contributed by atoms with Crippen LogP contribution in [0.25, 0.3) is 10.9 Å². The van der Waals surface area contributed by atoms with Crippen molar-refractivity contribution in [3.63, 3.8) is 0 Å². The van der Waals surface area contributed by atoms with E-state index in [4.69, 9.17) is 17.3 Å². The number of nitro benzene ring substituents is 1. The summed E-state index contributed by atoms with van der Waals surface area (Å²) in [7, 11) is 0. The summed E-state index contributed by atoms with van der Waals surface area (Å²) in [4.78, 5) is 20.8. The van der Waals surface area contributed by atoms with Crippen molar-refractivity contribution in [2.24, 2.45) is 5.41 Å². The standard InChI is InChI=1S/C20H15ClFN5O2/c1-20(9-26(10-20)16-4-2-3-14(21)18(16)22)6-5-12-7-15-13(8-17(12)27(28)29)19(23)25-11-24-15/h2-4,7-8,11H,9-10H2,1H3,(H2,23,24,25). The maximum atomic E-state index is 14.2. The zero-order chi connectivity index (χ0) is 20.8. The van der Waals surface area contributed by atoms with Crippen LogP contribution in [0.4, 0.5) is 21.6 Å². The minimum atomic E-state index is -0.507. The highest BCUT2D eigenvalue weighted by Gasteiger charge is 2.38. The summed E-state index contributed by atoms with van der Waals surface area (Å²) in [5.41, 5.74) is 6.33. The molecule has 3 aromatic rings. The molecule has 1 aliphatic heterocycles. The van der Waals surface area contributed by atoms with E-state index in [1.54, 1.807) is 12.1 Å². The van der Waals surface area contributed by atoms with Crippen LogP contribution in [0.2, 0.25) is 5.02 Å². The third-order valence-electron chi connectivity index (χ3n) is 4.83. The van der Waals surface area contributed by atoms with Gasteiger partial charge in [-0.25, -0.2) is 14.4 Å². The number of nitro groups is 1. The molecule has 2 heterocycles. The predicted molar refractivity (Wildman–Crippen MR) is 109 cm³/mol. The number of anilines is 2. The number of nitrogens with zero attached hydrogens (tertiary/aromatic N) is 4. The smallest absolute Gasteiger partial charge is 0.285 e. The Kier molecular flexibility index (Phi) is 4.47. The van der Waals surface area contributed by atoms with Gasteiger partial charge in [0.1, 0.15) is 17.7 Å². The number of nitrogen functional groups attached to an aromatic ring is 1. The Balaban J connectivity index is 1.64. The average molecular weight is 412 g/mol. The summed E-state index contributed by atoms with van der Waals surface area (Å²) >= 11 is 5.84. The molecule has 0 amide bonds. The zero-order valence-electron chi connectivity index (χ0n) is 15.3. The van der Waals surface area contributed by atoms with E-state index in [0.717, 1.165) is 0 Å². The molecule has 146 valence electrons. The summed E-state index contributed by atoms with van der Waals surface area (Å²) < 4.78 is 14.2. The number of hydrogen-bond acceptors (Lipinski definition) is 6. The zero-order valence-corrected chi connectivity index (χ0v) is 16.1. The lowest BCUT2D eigenvalue weighted by Gasteiger charge is -2.46. The first-order chi connectivity index (χ1) is 13.8. The van der Waals surface area contributed by atoms with E-state index < -0.39 is 16.2 Å². The lowest BCUT2D eigenvalue weighted by Crippen LogP contribution is -2.54. The molecule has 0 bridgehead atoms. The van der Waals surface area contributed by atoms with Gasteiger partial charge in [-0.1, -0.05) is 29.5 Å². The van der Waals surface area contributed by atoms with Crippen LogP contribution in [0.5, 0.6) is 0 Å². The molecule has 0 aliphatic carbocycles. The van der Waals surface area contributed by atoms with Crippen molar-refractivity contribution in [1.29, 1.82) is 0 Å². The third kappa shape index (κ3) is 3.41. The van der Waals surface area contributed by atoms with Gasteiger partial charge < -0.3 is 10.6 Å². The Labute approximate surface area is 170 Å². The van der Waals surface area contributed by atoms with E-state index in [0.29, 0.717) is 29.7 Å². The quantitative estimate of drug-likeness (QED) is 0.391. The second-order valence-electron chi connectivity index (χ2n) is 7.14. The van der Waals surface area contributed by atoms with E-state index in [1.807, 2.05) is 11.8 Å². The minimum Gasteiger partial charge on any atom is -0.383 e. The van der Waals surface area contributed by atoms with Crippen molar-refractivity contribution in [1.82, 2.24) is 9.97 Å². The van der Waals surface area contributed by atoms with Gasteiger partial charge in [0.05, 0.1) is 26.6 Å². The molecule has 2 aromatic carbocycles. The Morgan fingerprint density at radius 3 is 2.83 bits per heavy atom. The number of rotatable bonds is 2. The first-order valence-corrected chi connectivity index (χ1v) is 9.06. The van der Waals surface area contributed by atoms with Crippen molar-refractivity contribution < 1.29 is 9.31 Å². The third-order valence-corrected chi connectivity index (χ3v) is 5.12. The molecule has 0 saturated carbocycles. The Bertz CT molecular complexity index is 1210. The van der Waals surface area contributed by atoms with Gasteiger partial charge in [0, 0.05) is 24.5 Å². The van der Waals surface area contributed by atoms with E-state index >= 15 is 0 Å². The van der Waals surface area contributed by atoms with Crippen molar-refractivity contribution in [2.45, 2.75) is 6.92 Å². The van der Waals surface area contributed by atoms with Crippen LogP contribution in [0.3, 0.4) is 0 Å². The lowest BCUT2D eigenvalue weighted by atomic mass is 9.82. The van der Waals surface area contributed by atoms with Crippen LogP contribution < -0.4 is 10.6 Å². The summed E-state index contributed by atoms with van der Waals surface area (Å²) in [5, 5.41) is 12.0. The van der Waals surface area contributed by atoms with Crippen molar-refractivity contribution in [2.75, 3.05) is 23.7 Å².